The summed E-state index contributed by atoms with van der Waals surface area (Å²) in [4.78, 5) is 18.9. The van der Waals surface area contributed by atoms with Crippen LogP contribution in [0, 0.1) is 6.92 Å². The molecule has 0 saturated carbocycles. The monoisotopic (exact) mass is 421 g/mol. The number of nitrogens with one attached hydrogen (secondary N) is 1. The van der Waals surface area contributed by atoms with Gasteiger partial charge in [-0.05, 0) is 54.8 Å². The first-order valence-electron chi connectivity index (χ1n) is 9.39. The standard InChI is InChI=1S/C23H20ClN3O3/c1-12-3-8-16(9-17(12)22(28)29)30-23-26-20-10-18(19(24)11-21(20)27-23)15-6-4-14(5-7-15)13(2)25/h3-11,13H,25H2,1-2H3,(H,26,27)(H,28,29). The number of hydrogen-bond donors (Lipinski definition) is 3. The summed E-state index contributed by atoms with van der Waals surface area (Å²) >= 11 is 6.50. The summed E-state index contributed by atoms with van der Waals surface area (Å²) in [6.07, 6.45) is 0. The highest BCUT2D eigenvalue weighted by Gasteiger charge is 2.13. The van der Waals surface area contributed by atoms with Crippen LogP contribution in [-0.2, 0) is 0 Å². The van der Waals surface area contributed by atoms with E-state index in [4.69, 9.17) is 22.1 Å². The lowest BCUT2D eigenvalue weighted by molar-refractivity contribution is 0.0695. The number of aryl methyl sites for hydroxylation is 1. The second kappa shape index (κ2) is 7.82. The van der Waals surface area contributed by atoms with Crippen molar-refractivity contribution in [1.29, 1.82) is 0 Å². The Kier molecular flexibility index (Phi) is 5.20. The van der Waals surface area contributed by atoms with Gasteiger partial charge in [0, 0.05) is 11.6 Å². The number of ether oxygens (including phenoxy) is 1. The molecule has 7 heteroatoms. The first-order chi connectivity index (χ1) is 14.3. The zero-order valence-corrected chi connectivity index (χ0v) is 17.2. The predicted octanol–water partition coefficient (Wildman–Crippen LogP) is 5.70. The van der Waals surface area contributed by atoms with Crippen LogP contribution in [-0.4, -0.2) is 21.0 Å². The summed E-state index contributed by atoms with van der Waals surface area (Å²) in [6, 6.07) is 16.7. The van der Waals surface area contributed by atoms with E-state index in [2.05, 4.69) is 9.97 Å². The van der Waals surface area contributed by atoms with Gasteiger partial charge in [-0.3, -0.25) is 0 Å². The average molecular weight is 422 g/mol. The van der Waals surface area contributed by atoms with E-state index in [1.54, 1.807) is 25.1 Å². The van der Waals surface area contributed by atoms with Crippen LogP contribution in [0.5, 0.6) is 11.8 Å². The summed E-state index contributed by atoms with van der Waals surface area (Å²) in [7, 11) is 0. The third kappa shape index (κ3) is 3.87. The van der Waals surface area contributed by atoms with E-state index in [1.165, 1.54) is 6.07 Å². The topological polar surface area (TPSA) is 101 Å². The molecule has 0 radical (unpaired) electrons. The van der Waals surface area contributed by atoms with Crippen LogP contribution in [0.25, 0.3) is 22.2 Å². The lowest BCUT2D eigenvalue weighted by Crippen LogP contribution is -2.04. The fourth-order valence-corrected chi connectivity index (χ4v) is 3.52. The van der Waals surface area contributed by atoms with Crippen LogP contribution >= 0.6 is 11.6 Å². The molecule has 1 heterocycles. The van der Waals surface area contributed by atoms with Crippen molar-refractivity contribution >= 4 is 28.6 Å². The number of carbonyl (C=O) groups is 1. The molecular formula is C23H20ClN3O3. The van der Waals surface area contributed by atoms with Crippen LogP contribution < -0.4 is 10.5 Å². The van der Waals surface area contributed by atoms with Crippen molar-refractivity contribution in [3.8, 4) is 22.9 Å². The van der Waals surface area contributed by atoms with E-state index < -0.39 is 5.97 Å². The van der Waals surface area contributed by atoms with Gasteiger partial charge >= 0.3 is 5.97 Å². The van der Waals surface area contributed by atoms with Gasteiger partial charge in [-0.1, -0.05) is 41.9 Å². The van der Waals surface area contributed by atoms with Gasteiger partial charge < -0.3 is 20.6 Å². The highest BCUT2D eigenvalue weighted by atomic mass is 35.5. The van der Waals surface area contributed by atoms with Crippen LogP contribution in [0.2, 0.25) is 5.02 Å². The number of aromatic nitrogens is 2. The normalized spacial score (nSPS) is 12.1. The Morgan fingerprint density at radius 1 is 1.17 bits per heavy atom. The number of imidazole rings is 1. The smallest absolute Gasteiger partial charge is 0.336 e. The maximum Gasteiger partial charge on any atom is 0.336 e. The Hall–Kier alpha value is -3.35. The quantitative estimate of drug-likeness (QED) is 0.383. The number of hydrogen-bond acceptors (Lipinski definition) is 4. The van der Waals surface area contributed by atoms with Crippen molar-refractivity contribution in [2.75, 3.05) is 0 Å². The van der Waals surface area contributed by atoms with E-state index in [0.29, 0.717) is 21.9 Å². The first kappa shape index (κ1) is 19.9. The van der Waals surface area contributed by atoms with Gasteiger partial charge in [0.1, 0.15) is 5.75 Å². The Morgan fingerprint density at radius 2 is 1.90 bits per heavy atom. The van der Waals surface area contributed by atoms with Crippen molar-refractivity contribution < 1.29 is 14.6 Å². The molecule has 1 aromatic heterocycles. The van der Waals surface area contributed by atoms with Crippen LogP contribution in [0.3, 0.4) is 0 Å². The van der Waals surface area contributed by atoms with E-state index in [9.17, 15) is 9.90 Å². The van der Waals surface area contributed by atoms with E-state index in [1.807, 2.05) is 37.3 Å². The van der Waals surface area contributed by atoms with E-state index in [0.717, 1.165) is 22.2 Å². The molecule has 4 rings (SSSR count). The highest BCUT2D eigenvalue weighted by Crippen LogP contribution is 2.33. The van der Waals surface area contributed by atoms with Crippen LogP contribution in [0.1, 0.15) is 34.5 Å². The van der Waals surface area contributed by atoms with Crippen molar-refractivity contribution in [1.82, 2.24) is 9.97 Å². The third-order valence-electron chi connectivity index (χ3n) is 4.95. The minimum Gasteiger partial charge on any atom is -0.478 e. The molecule has 0 aliphatic rings. The fraction of sp³-hybridized carbons (Fsp3) is 0.130. The molecule has 0 amide bonds. The number of fused-ring (bicyclic) bond motifs is 1. The van der Waals surface area contributed by atoms with Gasteiger partial charge in [0.25, 0.3) is 6.01 Å². The molecule has 30 heavy (non-hydrogen) atoms. The molecule has 152 valence electrons. The summed E-state index contributed by atoms with van der Waals surface area (Å²) in [5.74, 6) is -0.621. The van der Waals surface area contributed by atoms with Crippen molar-refractivity contribution in [3.63, 3.8) is 0 Å². The lowest BCUT2D eigenvalue weighted by Gasteiger charge is -2.08. The SMILES string of the molecule is Cc1ccc(Oc2nc3cc(-c4ccc(C(C)N)cc4)c(Cl)cc3[nH]2)cc1C(=O)O. The van der Waals surface area contributed by atoms with E-state index in [-0.39, 0.29) is 17.6 Å². The minimum absolute atomic E-state index is 0.0357. The molecule has 0 spiro atoms. The van der Waals surface area contributed by atoms with Crippen molar-refractivity contribution in [3.05, 3.63) is 76.3 Å². The number of H-pyrrole nitrogens is 1. The minimum atomic E-state index is -1.01. The Bertz CT molecular complexity index is 1250. The van der Waals surface area contributed by atoms with Crippen molar-refractivity contribution in [2.24, 2.45) is 5.73 Å². The number of rotatable bonds is 5. The Morgan fingerprint density at radius 3 is 2.57 bits per heavy atom. The zero-order chi connectivity index (χ0) is 21.4. The van der Waals surface area contributed by atoms with Crippen LogP contribution in [0.15, 0.2) is 54.6 Å². The summed E-state index contributed by atoms with van der Waals surface area (Å²) in [5, 5.41) is 9.87. The summed E-state index contributed by atoms with van der Waals surface area (Å²) in [6.45, 7) is 3.67. The molecule has 0 aliphatic heterocycles. The van der Waals surface area contributed by atoms with E-state index >= 15 is 0 Å². The van der Waals surface area contributed by atoms with Crippen molar-refractivity contribution in [2.45, 2.75) is 19.9 Å². The summed E-state index contributed by atoms with van der Waals surface area (Å²) < 4.78 is 5.75. The first-order valence-corrected chi connectivity index (χ1v) is 9.76. The molecule has 0 bridgehead atoms. The number of carboxylic acid groups (broad SMARTS) is 1. The predicted molar refractivity (Wildman–Crippen MR) is 117 cm³/mol. The van der Waals surface area contributed by atoms with Gasteiger partial charge in [0.05, 0.1) is 21.6 Å². The summed E-state index contributed by atoms with van der Waals surface area (Å²) in [5.41, 5.74) is 11.0. The number of halogens is 1. The molecule has 4 N–H and O–H groups in total. The third-order valence-corrected chi connectivity index (χ3v) is 5.26. The molecule has 4 aromatic rings. The second-order valence-corrected chi connectivity index (χ2v) is 7.59. The Balaban J connectivity index is 1.67. The molecule has 3 aromatic carbocycles. The van der Waals surface area contributed by atoms with Crippen LogP contribution in [0.4, 0.5) is 0 Å². The number of aromatic carboxylic acids is 1. The highest BCUT2D eigenvalue weighted by molar-refractivity contribution is 6.34. The molecule has 0 saturated heterocycles. The molecular weight excluding hydrogens is 402 g/mol. The number of nitrogens with two attached hydrogens (primary N) is 1. The average Bonchev–Trinajstić information content (AvgIpc) is 3.09. The molecule has 6 nitrogen and oxygen atoms in total. The molecule has 0 fully saturated rings. The largest absolute Gasteiger partial charge is 0.478 e. The number of nitrogens with zero attached hydrogens (tertiary/aromatic N) is 1. The van der Waals surface area contributed by atoms with Gasteiger partial charge in [-0.15, -0.1) is 0 Å². The number of carboxylic acids is 1. The number of benzene rings is 3. The molecule has 1 atom stereocenters. The second-order valence-electron chi connectivity index (χ2n) is 7.19. The fourth-order valence-electron chi connectivity index (χ4n) is 3.25. The van der Waals surface area contributed by atoms with Gasteiger partial charge in [0.15, 0.2) is 0 Å². The van der Waals surface area contributed by atoms with Gasteiger partial charge in [-0.25, -0.2) is 4.79 Å². The number of aromatic amines is 1. The molecule has 0 aliphatic carbocycles. The van der Waals surface area contributed by atoms with Gasteiger partial charge in [-0.2, -0.15) is 4.98 Å². The lowest BCUT2D eigenvalue weighted by atomic mass is 10.0. The zero-order valence-electron chi connectivity index (χ0n) is 16.4. The maximum absolute atomic E-state index is 11.3. The molecule has 1 unspecified atom stereocenters. The maximum atomic E-state index is 11.3. The Labute approximate surface area is 178 Å². The van der Waals surface area contributed by atoms with Gasteiger partial charge in [0.2, 0.25) is 0 Å².